The number of nitrogens with one attached hydrogen (secondary N) is 1. The van der Waals surface area contributed by atoms with Crippen LogP contribution in [-0.4, -0.2) is 49.5 Å². The molecule has 156 valence electrons. The zero-order valence-corrected chi connectivity index (χ0v) is 16.4. The van der Waals surface area contributed by atoms with Crippen molar-refractivity contribution < 1.29 is 17.9 Å². The van der Waals surface area contributed by atoms with Gasteiger partial charge in [0.25, 0.3) is 0 Å². The fraction of sp³-hybridized carbons (Fsp3) is 0.700. The van der Waals surface area contributed by atoms with Crippen molar-refractivity contribution in [3.63, 3.8) is 0 Å². The van der Waals surface area contributed by atoms with Crippen LogP contribution in [-0.2, 0) is 0 Å². The summed E-state index contributed by atoms with van der Waals surface area (Å²) in [6.07, 6.45) is -2.35. The standard InChI is InChI=1S/C20H28F3N3O2/c1-18(2)7-4-8-19(18,25-27)17(14-26-11-9-24-10-12-26)15-5-3-6-16(13-15)28-20(21,22)23/h3,5-6,13,17,24H,4,7-12,14H2,1-2H3. The average molecular weight is 399 g/mol. The van der Waals surface area contributed by atoms with Crippen LogP contribution in [0, 0.1) is 10.3 Å². The van der Waals surface area contributed by atoms with Gasteiger partial charge in [-0.3, -0.25) is 0 Å². The Balaban J connectivity index is 1.99. The Labute approximate surface area is 163 Å². The minimum atomic E-state index is -4.75. The molecular weight excluding hydrogens is 371 g/mol. The molecule has 0 amide bonds. The molecule has 0 aromatic heterocycles. The number of alkyl halides is 3. The highest BCUT2D eigenvalue weighted by Gasteiger charge is 2.56. The third kappa shape index (κ3) is 4.33. The van der Waals surface area contributed by atoms with Gasteiger partial charge in [-0.25, -0.2) is 0 Å². The average Bonchev–Trinajstić information content (AvgIpc) is 2.94. The topological polar surface area (TPSA) is 53.9 Å². The molecule has 1 heterocycles. The van der Waals surface area contributed by atoms with Crippen LogP contribution in [0.4, 0.5) is 13.2 Å². The van der Waals surface area contributed by atoms with Gasteiger partial charge in [0.15, 0.2) is 0 Å². The number of nitrogens with zero attached hydrogens (tertiary/aromatic N) is 2. The van der Waals surface area contributed by atoms with Gasteiger partial charge in [0.1, 0.15) is 11.3 Å². The third-order valence-electron chi connectivity index (χ3n) is 6.42. The molecule has 2 atom stereocenters. The summed E-state index contributed by atoms with van der Waals surface area (Å²) in [6.45, 7) is 8.07. The van der Waals surface area contributed by atoms with E-state index in [1.807, 2.05) is 13.8 Å². The lowest BCUT2D eigenvalue weighted by molar-refractivity contribution is -0.274. The molecule has 1 aliphatic carbocycles. The van der Waals surface area contributed by atoms with Crippen LogP contribution in [0.15, 0.2) is 29.4 Å². The van der Waals surface area contributed by atoms with E-state index < -0.39 is 11.9 Å². The van der Waals surface area contributed by atoms with Crippen LogP contribution < -0.4 is 10.1 Å². The van der Waals surface area contributed by atoms with Gasteiger partial charge in [-0.2, -0.15) is 4.91 Å². The molecule has 0 radical (unpaired) electrons. The first-order valence-corrected chi connectivity index (χ1v) is 9.80. The first-order chi connectivity index (χ1) is 13.2. The van der Waals surface area contributed by atoms with Crippen molar-refractivity contribution >= 4 is 0 Å². The van der Waals surface area contributed by atoms with E-state index >= 15 is 0 Å². The van der Waals surface area contributed by atoms with E-state index in [-0.39, 0.29) is 17.1 Å². The molecule has 5 nitrogen and oxygen atoms in total. The third-order valence-corrected chi connectivity index (χ3v) is 6.42. The van der Waals surface area contributed by atoms with E-state index in [9.17, 15) is 18.1 Å². The van der Waals surface area contributed by atoms with Gasteiger partial charge in [-0.15, -0.1) is 13.2 Å². The zero-order valence-electron chi connectivity index (χ0n) is 16.4. The zero-order chi connectivity index (χ0) is 20.4. The summed E-state index contributed by atoms with van der Waals surface area (Å²) in [7, 11) is 0. The van der Waals surface area contributed by atoms with Crippen LogP contribution in [0.1, 0.15) is 44.6 Å². The van der Waals surface area contributed by atoms with Gasteiger partial charge >= 0.3 is 6.36 Å². The van der Waals surface area contributed by atoms with Crippen molar-refractivity contribution in [2.45, 2.75) is 50.9 Å². The summed E-state index contributed by atoms with van der Waals surface area (Å²) < 4.78 is 42.3. The van der Waals surface area contributed by atoms with Crippen LogP contribution in [0.25, 0.3) is 0 Å². The fourth-order valence-electron chi connectivity index (χ4n) is 4.85. The number of halogens is 3. The molecule has 0 bridgehead atoms. The molecule has 2 fully saturated rings. The number of hydrogen-bond acceptors (Lipinski definition) is 5. The molecule has 2 aliphatic rings. The summed E-state index contributed by atoms with van der Waals surface area (Å²) in [5.74, 6) is -0.551. The normalized spacial score (nSPS) is 26.8. The molecule has 8 heteroatoms. The first-order valence-electron chi connectivity index (χ1n) is 9.80. The van der Waals surface area contributed by atoms with Crippen molar-refractivity contribution in [1.82, 2.24) is 10.2 Å². The second-order valence-electron chi connectivity index (χ2n) is 8.48. The van der Waals surface area contributed by atoms with Gasteiger partial charge < -0.3 is 15.0 Å². The maximum absolute atomic E-state index is 12.7. The predicted molar refractivity (Wildman–Crippen MR) is 101 cm³/mol. The maximum Gasteiger partial charge on any atom is 0.573 e. The monoisotopic (exact) mass is 399 g/mol. The first kappa shape index (κ1) is 21.0. The van der Waals surface area contributed by atoms with Crippen LogP contribution in [0.3, 0.4) is 0 Å². The lowest BCUT2D eigenvalue weighted by atomic mass is 9.65. The van der Waals surface area contributed by atoms with E-state index in [2.05, 4.69) is 20.1 Å². The molecular formula is C20H28F3N3O2. The molecule has 28 heavy (non-hydrogen) atoms. The second-order valence-corrected chi connectivity index (χ2v) is 8.48. The summed E-state index contributed by atoms with van der Waals surface area (Å²) in [6, 6.07) is 6.06. The minimum absolute atomic E-state index is 0.257. The summed E-state index contributed by atoms with van der Waals surface area (Å²) >= 11 is 0. The molecule has 1 aromatic carbocycles. The summed E-state index contributed by atoms with van der Waals surface area (Å²) in [5.41, 5.74) is -0.502. The molecule has 1 aliphatic heterocycles. The lowest BCUT2D eigenvalue weighted by Gasteiger charge is -2.44. The van der Waals surface area contributed by atoms with Crippen molar-refractivity contribution in [2.24, 2.45) is 10.6 Å². The summed E-state index contributed by atoms with van der Waals surface area (Å²) in [4.78, 5) is 14.5. The van der Waals surface area contributed by atoms with E-state index in [1.54, 1.807) is 12.1 Å². The number of benzene rings is 1. The Morgan fingerprint density at radius 3 is 2.54 bits per heavy atom. The molecule has 1 saturated heterocycles. The van der Waals surface area contributed by atoms with E-state index in [1.165, 1.54) is 12.1 Å². The minimum Gasteiger partial charge on any atom is -0.406 e. The van der Waals surface area contributed by atoms with Crippen molar-refractivity contribution in [2.75, 3.05) is 32.7 Å². The van der Waals surface area contributed by atoms with Crippen LogP contribution in [0.2, 0.25) is 0 Å². The van der Waals surface area contributed by atoms with Crippen molar-refractivity contribution in [3.05, 3.63) is 34.7 Å². The van der Waals surface area contributed by atoms with Crippen LogP contribution >= 0.6 is 0 Å². The van der Waals surface area contributed by atoms with Gasteiger partial charge in [0.2, 0.25) is 0 Å². The number of ether oxygens (including phenoxy) is 1. The highest BCUT2D eigenvalue weighted by Crippen LogP contribution is 2.56. The largest absolute Gasteiger partial charge is 0.573 e. The Morgan fingerprint density at radius 1 is 1.25 bits per heavy atom. The van der Waals surface area contributed by atoms with Gasteiger partial charge in [-0.05, 0) is 36.0 Å². The molecule has 1 saturated carbocycles. The quantitative estimate of drug-likeness (QED) is 0.725. The number of nitroso groups, excluding NO2 is 1. The highest BCUT2D eigenvalue weighted by atomic mass is 19.4. The van der Waals surface area contributed by atoms with Gasteiger partial charge in [0, 0.05) is 38.6 Å². The number of hydrogen-bond donors (Lipinski definition) is 1. The van der Waals surface area contributed by atoms with E-state index in [4.69, 9.17) is 0 Å². The Bertz CT molecular complexity index is 690. The number of piperazine rings is 1. The Kier molecular flexibility index (Phi) is 6.00. The lowest BCUT2D eigenvalue weighted by Crippen LogP contribution is -2.51. The summed E-state index contributed by atoms with van der Waals surface area (Å²) in [5, 5.41) is 6.96. The Morgan fingerprint density at radius 2 is 1.96 bits per heavy atom. The Hall–Kier alpha value is -1.67. The molecule has 1 aromatic rings. The van der Waals surface area contributed by atoms with E-state index in [0.717, 1.165) is 39.0 Å². The maximum atomic E-state index is 12.7. The molecule has 2 unspecified atom stereocenters. The van der Waals surface area contributed by atoms with E-state index in [0.29, 0.717) is 18.5 Å². The fourth-order valence-corrected chi connectivity index (χ4v) is 4.85. The predicted octanol–water partition coefficient (Wildman–Crippen LogP) is 4.29. The molecule has 3 rings (SSSR count). The highest BCUT2D eigenvalue weighted by molar-refractivity contribution is 5.35. The number of rotatable bonds is 6. The van der Waals surface area contributed by atoms with Crippen LogP contribution in [0.5, 0.6) is 5.75 Å². The molecule has 0 spiro atoms. The second kappa shape index (κ2) is 7.99. The van der Waals surface area contributed by atoms with Crippen molar-refractivity contribution in [3.8, 4) is 5.75 Å². The SMILES string of the molecule is CC1(C)CCCC1(N=O)C(CN1CCNCC1)c1cccc(OC(F)(F)F)c1. The van der Waals surface area contributed by atoms with Gasteiger partial charge in [-0.1, -0.05) is 37.6 Å². The van der Waals surface area contributed by atoms with Gasteiger partial charge in [0.05, 0.1) is 0 Å². The smallest absolute Gasteiger partial charge is 0.406 e. The van der Waals surface area contributed by atoms with Crippen molar-refractivity contribution in [1.29, 1.82) is 0 Å². The molecule has 1 N–H and O–H groups in total.